The Kier molecular flexibility index (Phi) is 9.41. The van der Waals surface area contributed by atoms with E-state index >= 15 is 0 Å². The van der Waals surface area contributed by atoms with Crippen LogP contribution in [0.1, 0.15) is 57.6 Å². The van der Waals surface area contributed by atoms with Crippen molar-refractivity contribution in [2.75, 3.05) is 39.9 Å². The number of carbonyl (C=O) groups excluding carboxylic acids is 1. The van der Waals surface area contributed by atoms with Gasteiger partial charge in [0, 0.05) is 12.1 Å². The molecule has 0 atom stereocenters. The summed E-state index contributed by atoms with van der Waals surface area (Å²) >= 11 is 0. The number of pyridine rings is 1. The molecule has 0 radical (unpaired) electrons. The Hall–Kier alpha value is -2.60. The third kappa shape index (κ3) is 7.69. The minimum absolute atomic E-state index is 0.0329. The van der Waals surface area contributed by atoms with Crippen LogP contribution in [-0.2, 0) is 11.2 Å². The van der Waals surface area contributed by atoms with Gasteiger partial charge >= 0.3 is 0 Å². The summed E-state index contributed by atoms with van der Waals surface area (Å²) < 4.78 is 11.9. The van der Waals surface area contributed by atoms with Crippen LogP contribution in [0.15, 0.2) is 36.4 Å². The van der Waals surface area contributed by atoms with E-state index in [1.807, 2.05) is 43.3 Å². The van der Waals surface area contributed by atoms with Crippen molar-refractivity contribution in [1.82, 2.24) is 15.2 Å². The molecule has 1 aliphatic heterocycles. The smallest absolute Gasteiger partial charge is 0.226 e. The number of benzene rings is 1. The standard InChI is InChI=1S/C29H41N3O3/c1-3-34-26-11-8-24(9-12-26)27-13-10-25(20-28(33)30-17-14-22-6-4-5-7-22)31-29(27)35-21-23-15-18-32(2)19-16-23/h8-13,22-23H,3-7,14-21H2,1-2H3,(H,30,33). The van der Waals surface area contributed by atoms with Crippen LogP contribution in [-0.4, -0.2) is 55.7 Å². The molecule has 1 amide bonds. The molecule has 0 spiro atoms. The molecule has 1 N–H and O–H groups in total. The molecular weight excluding hydrogens is 438 g/mol. The highest BCUT2D eigenvalue weighted by molar-refractivity contribution is 5.78. The van der Waals surface area contributed by atoms with Crippen molar-refractivity contribution >= 4 is 5.91 Å². The summed E-state index contributed by atoms with van der Waals surface area (Å²) in [5, 5.41) is 3.09. The number of nitrogens with zero attached hydrogens (tertiary/aromatic N) is 2. The minimum atomic E-state index is 0.0329. The molecule has 1 aliphatic carbocycles. The molecule has 1 saturated heterocycles. The lowest BCUT2D eigenvalue weighted by Crippen LogP contribution is -2.32. The Morgan fingerprint density at radius 3 is 2.46 bits per heavy atom. The molecule has 0 bridgehead atoms. The lowest BCUT2D eigenvalue weighted by atomic mass is 9.98. The Balaban J connectivity index is 1.42. The first-order valence-electron chi connectivity index (χ1n) is 13.4. The largest absolute Gasteiger partial charge is 0.494 e. The zero-order valence-electron chi connectivity index (χ0n) is 21.4. The van der Waals surface area contributed by atoms with Crippen molar-refractivity contribution in [3.05, 3.63) is 42.1 Å². The van der Waals surface area contributed by atoms with Crippen molar-refractivity contribution in [2.24, 2.45) is 11.8 Å². The molecule has 190 valence electrons. The van der Waals surface area contributed by atoms with Gasteiger partial charge in [-0.3, -0.25) is 4.79 Å². The fraction of sp³-hybridized carbons (Fsp3) is 0.586. The Bertz CT molecular complexity index is 933. The number of amides is 1. The number of aromatic nitrogens is 1. The first-order chi connectivity index (χ1) is 17.1. The molecule has 2 fully saturated rings. The zero-order chi connectivity index (χ0) is 24.5. The second kappa shape index (κ2) is 12.9. The zero-order valence-corrected chi connectivity index (χ0v) is 21.4. The van der Waals surface area contributed by atoms with Gasteiger partial charge in [-0.25, -0.2) is 4.98 Å². The highest BCUT2D eigenvalue weighted by Crippen LogP contribution is 2.31. The van der Waals surface area contributed by atoms with E-state index in [-0.39, 0.29) is 12.3 Å². The van der Waals surface area contributed by atoms with E-state index in [1.165, 1.54) is 25.7 Å². The first-order valence-corrected chi connectivity index (χ1v) is 13.4. The SMILES string of the molecule is CCOc1ccc(-c2ccc(CC(=O)NCCC3CCCC3)nc2OCC2CCN(C)CC2)cc1. The number of rotatable bonds is 11. The number of hydrogen-bond acceptors (Lipinski definition) is 5. The number of carbonyl (C=O) groups is 1. The lowest BCUT2D eigenvalue weighted by molar-refractivity contribution is -0.120. The fourth-order valence-electron chi connectivity index (χ4n) is 5.17. The molecule has 6 heteroatoms. The van der Waals surface area contributed by atoms with Gasteiger partial charge in [0.1, 0.15) is 5.75 Å². The van der Waals surface area contributed by atoms with E-state index in [4.69, 9.17) is 14.5 Å². The highest BCUT2D eigenvalue weighted by Gasteiger charge is 2.19. The van der Waals surface area contributed by atoms with Crippen LogP contribution in [0.3, 0.4) is 0 Å². The molecular formula is C29H41N3O3. The number of hydrogen-bond donors (Lipinski definition) is 1. The number of likely N-dealkylation sites (tertiary alicyclic amines) is 1. The molecule has 6 nitrogen and oxygen atoms in total. The average molecular weight is 480 g/mol. The number of piperidine rings is 1. The van der Waals surface area contributed by atoms with Gasteiger partial charge < -0.3 is 19.7 Å². The second-order valence-corrected chi connectivity index (χ2v) is 10.1. The quantitative estimate of drug-likeness (QED) is 0.485. The van der Waals surface area contributed by atoms with E-state index in [0.29, 0.717) is 25.0 Å². The molecule has 35 heavy (non-hydrogen) atoms. The van der Waals surface area contributed by atoms with Crippen LogP contribution in [0.25, 0.3) is 11.1 Å². The normalized spacial score (nSPS) is 17.4. The lowest BCUT2D eigenvalue weighted by Gasteiger charge is -2.28. The molecule has 0 unspecified atom stereocenters. The second-order valence-electron chi connectivity index (χ2n) is 10.1. The van der Waals surface area contributed by atoms with Crippen molar-refractivity contribution in [3.63, 3.8) is 0 Å². The van der Waals surface area contributed by atoms with Crippen molar-refractivity contribution in [1.29, 1.82) is 0 Å². The summed E-state index contributed by atoms with van der Waals surface area (Å²) in [7, 11) is 2.17. The molecule has 1 saturated carbocycles. The van der Waals surface area contributed by atoms with Crippen molar-refractivity contribution in [2.45, 2.75) is 58.3 Å². The summed E-state index contributed by atoms with van der Waals surface area (Å²) in [4.78, 5) is 19.8. The molecule has 2 heterocycles. The topological polar surface area (TPSA) is 63.7 Å². The number of ether oxygens (including phenoxy) is 2. The summed E-state index contributed by atoms with van der Waals surface area (Å²) in [5.74, 6) is 2.81. The van der Waals surface area contributed by atoms with Crippen LogP contribution in [0.2, 0.25) is 0 Å². The summed E-state index contributed by atoms with van der Waals surface area (Å²) in [5.41, 5.74) is 2.73. The van der Waals surface area contributed by atoms with E-state index < -0.39 is 0 Å². The first kappa shape index (κ1) is 25.5. The maximum atomic E-state index is 12.6. The monoisotopic (exact) mass is 479 g/mol. The van der Waals surface area contributed by atoms with Gasteiger partial charge in [-0.05, 0) is 88.0 Å². The molecule has 2 aliphatic rings. The third-order valence-electron chi connectivity index (χ3n) is 7.38. The van der Waals surface area contributed by atoms with E-state index in [1.54, 1.807) is 0 Å². The summed E-state index contributed by atoms with van der Waals surface area (Å²) in [6.07, 6.45) is 8.92. The van der Waals surface area contributed by atoms with E-state index in [2.05, 4.69) is 17.3 Å². The van der Waals surface area contributed by atoms with Gasteiger partial charge in [-0.1, -0.05) is 37.8 Å². The van der Waals surface area contributed by atoms with Crippen LogP contribution >= 0.6 is 0 Å². The van der Waals surface area contributed by atoms with Crippen LogP contribution in [0.4, 0.5) is 0 Å². The summed E-state index contributed by atoms with van der Waals surface area (Å²) in [6.45, 7) is 6.25. The van der Waals surface area contributed by atoms with E-state index in [9.17, 15) is 4.79 Å². The Morgan fingerprint density at radius 2 is 1.74 bits per heavy atom. The van der Waals surface area contributed by atoms with Crippen LogP contribution in [0, 0.1) is 11.8 Å². The van der Waals surface area contributed by atoms with Gasteiger partial charge in [0.15, 0.2) is 0 Å². The maximum absolute atomic E-state index is 12.6. The minimum Gasteiger partial charge on any atom is -0.494 e. The maximum Gasteiger partial charge on any atom is 0.226 e. The predicted molar refractivity (Wildman–Crippen MR) is 140 cm³/mol. The predicted octanol–water partition coefficient (Wildman–Crippen LogP) is 5.11. The van der Waals surface area contributed by atoms with Crippen molar-refractivity contribution in [3.8, 4) is 22.8 Å². The van der Waals surface area contributed by atoms with Gasteiger partial charge in [-0.2, -0.15) is 0 Å². The van der Waals surface area contributed by atoms with Gasteiger partial charge in [-0.15, -0.1) is 0 Å². The fourth-order valence-corrected chi connectivity index (χ4v) is 5.17. The average Bonchev–Trinajstić information content (AvgIpc) is 3.38. The molecule has 1 aromatic heterocycles. The third-order valence-corrected chi connectivity index (χ3v) is 7.38. The summed E-state index contributed by atoms with van der Waals surface area (Å²) in [6, 6.07) is 12.0. The van der Waals surface area contributed by atoms with Crippen LogP contribution in [0.5, 0.6) is 11.6 Å². The number of nitrogens with one attached hydrogen (secondary N) is 1. The van der Waals surface area contributed by atoms with Gasteiger partial charge in [0.2, 0.25) is 11.8 Å². The highest BCUT2D eigenvalue weighted by atomic mass is 16.5. The van der Waals surface area contributed by atoms with E-state index in [0.717, 1.165) is 67.4 Å². The molecule has 2 aromatic rings. The Morgan fingerprint density at radius 1 is 1.00 bits per heavy atom. The molecule has 1 aromatic carbocycles. The Labute approximate surface area is 210 Å². The van der Waals surface area contributed by atoms with Gasteiger partial charge in [0.25, 0.3) is 0 Å². The van der Waals surface area contributed by atoms with Crippen molar-refractivity contribution < 1.29 is 14.3 Å². The van der Waals surface area contributed by atoms with Crippen LogP contribution < -0.4 is 14.8 Å². The molecule has 4 rings (SSSR count). The van der Waals surface area contributed by atoms with Gasteiger partial charge in [0.05, 0.1) is 25.3 Å².